The summed E-state index contributed by atoms with van der Waals surface area (Å²) in [5.41, 5.74) is 1.22. The minimum atomic E-state index is -1.17. The summed E-state index contributed by atoms with van der Waals surface area (Å²) in [5, 5.41) is 15.6. The van der Waals surface area contributed by atoms with Crippen molar-refractivity contribution in [2.75, 3.05) is 52.5 Å². The summed E-state index contributed by atoms with van der Waals surface area (Å²) in [5.74, 6) is -2.08. The number of ether oxygens (including phenoxy) is 2. The molecule has 2 atom stereocenters. The number of aliphatic carboxylic acids is 1. The van der Waals surface area contributed by atoms with Crippen molar-refractivity contribution in [2.45, 2.75) is 83.7 Å². The van der Waals surface area contributed by atoms with Gasteiger partial charge in [-0.2, -0.15) is 0 Å². The smallest absolute Gasteiger partial charge is 0.409 e. The Balaban J connectivity index is 1.26. The number of likely N-dealkylation sites (tertiary alicyclic amines) is 1. The molecule has 5 amide bonds. The Hall–Kier alpha value is -4.95. The van der Waals surface area contributed by atoms with E-state index in [1.54, 1.807) is 17.0 Å². The van der Waals surface area contributed by atoms with Crippen LogP contribution in [0.3, 0.4) is 0 Å². The molecule has 15 heteroatoms. The molecule has 1 aliphatic carbocycles. The number of benzene rings is 1. The lowest BCUT2D eigenvalue weighted by molar-refractivity contribution is -0.140. The summed E-state index contributed by atoms with van der Waals surface area (Å²) in [4.78, 5) is 86.6. The lowest BCUT2D eigenvalue weighted by Crippen LogP contribution is -2.56. The van der Waals surface area contributed by atoms with E-state index in [2.05, 4.69) is 15.6 Å². The molecule has 0 bridgehead atoms. The number of carboxylic acid groups (broad SMARTS) is 1. The van der Waals surface area contributed by atoms with Gasteiger partial charge in [0.05, 0.1) is 12.1 Å². The zero-order chi connectivity index (χ0) is 37.2. The molecular weight excluding hydrogens is 672 g/mol. The van der Waals surface area contributed by atoms with Gasteiger partial charge in [-0.15, -0.1) is 0 Å². The molecule has 2 aromatic rings. The summed E-state index contributed by atoms with van der Waals surface area (Å²) >= 11 is 0. The Labute approximate surface area is 303 Å². The Morgan fingerprint density at radius 1 is 0.981 bits per heavy atom. The Morgan fingerprint density at radius 2 is 1.73 bits per heavy atom. The van der Waals surface area contributed by atoms with E-state index >= 15 is 0 Å². The van der Waals surface area contributed by atoms with Crippen molar-refractivity contribution in [2.24, 2.45) is 5.92 Å². The molecule has 1 aromatic carbocycles. The molecule has 3 heterocycles. The number of nitrogens with one attached hydrogen (secondary N) is 2. The van der Waals surface area contributed by atoms with Gasteiger partial charge in [-0.25, -0.2) is 9.78 Å². The molecule has 1 saturated carbocycles. The fourth-order valence-corrected chi connectivity index (χ4v) is 6.64. The minimum Gasteiger partial charge on any atom is -0.483 e. The molecule has 3 fully saturated rings. The molecule has 1 aromatic heterocycles. The van der Waals surface area contributed by atoms with Crippen LogP contribution in [0.15, 0.2) is 24.3 Å². The van der Waals surface area contributed by atoms with Gasteiger partial charge in [0.15, 0.2) is 6.61 Å². The van der Waals surface area contributed by atoms with Crippen molar-refractivity contribution < 1.29 is 43.3 Å². The molecule has 2 saturated heterocycles. The lowest BCUT2D eigenvalue weighted by atomic mass is 9.85. The number of hydrogen-bond donors (Lipinski definition) is 3. The number of carbonyl (C=O) groups is 6. The monoisotopic (exact) mass is 722 g/mol. The van der Waals surface area contributed by atoms with Crippen LogP contribution < -0.4 is 15.4 Å². The maximum atomic E-state index is 13.7. The SMILES string of the molecule is CCCCOC(=O)N1CCN(C(=O)C(CCC(=O)O)NC(=O)c2cc(OCC(=O)N3CCCC3C(=O)NCC3CCC3)c3ccc(C)cc3n2)CC1. The summed E-state index contributed by atoms with van der Waals surface area (Å²) in [6.07, 6.45) is 5.36. The average Bonchev–Trinajstić information content (AvgIpc) is 3.61. The number of carboxylic acids is 1. The molecule has 5 rings (SSSR count). The standard InChI is InChI=1S/C37H50N6O9/c1-3-4-19-51-37(50)42-17-15-41(16-18-42)36(49)27(12-13-33(45)46)40-34(47)29-21-31(26-11-10-24(2)20-28(26)39-29)52-23-32(44)43-14-6-9-30(43)35(48)38-22-25-7-5-8-25/h10-11,20-21,25,27,30H,3-9,12-19,22-23H2,1-2H3,(H,38,48)(H,40,47)(H,45,46). The van der Waals surface area contributed by atoms with Crippen LogP contribution in [-0.2, 0) is 23.9 Å². The summed E-state index contributed by atoms with van der Waals surface area (Å²) in [6, 6.07) is 5.07. The van der Waals surface area contributed by atoms with Gasteiger partial charge in [0.1, 0.15) is 23.5 Å². The van der Waals surface area contributed by atoms with Crippen LogP contribution in [0, 0.1) is 12.8 Å². The van der Waals surface area contributed by atoms with E-state index in [0.717, 1.165) is 31.2 Å². The largest absolute Gasteiger partial charge is 0.483 e. The van der Waals surface area contributed by atoms with Crippen LogP contribution in [0.1, 0.15) is 80.8 Å². The van der Waals surface area contributed by atoms with E-state index in [4.69, 9.17) is 9.47 Å². The molecule has 3 aliphatic rings. The maximum absolute atomic E-state index is 13.7. The summed E-state index contributed by atoms with van der Waals surface area (Å²) in [6.45, 7) is 5.76. The normalized spacial score (nSPS) is 18.0. The molecule has 2 aliphatic heterocycles. The van der Waals surface area contributed by atoms with Crippen LogP contribution >= 0.6 is 0 Å². The van der Waals surface area contributed by atoms with E-state index in [1.807, 2.05) is 19.9 Å². The summed E-state index contributed by atoms with van der Waals surface area (Å²) < 4.78 is 11.3. The van der Waals surface area contributed by atoms with Crippen LogP contribution in [0.25, 0.3) is 10.9 Å². The third kappa shape index (κ3) is 9.88. The molecule has 0 radical (unpaired) electrons. The minimum absolute atomic E-state index is 0.0808. The molecule has 52 heavy (non-hydrogen) atoms. The van der Waals surface area contributed by atoms with Gasteiger partial charge in [-0.05, 0) is 69.1 Å². The molecule has 0 spiro atoms. The molecule has 2 unspecified atom stereocenters. The highest BCUT2D eigenvalue weighted by Gasteiger charge is 2.35. The van der Waals surface area contributed by atoms with Crippen molar-refractivity contribution in [3.8, 4) is 5.75 Å². The van der Waals surface area contributed by atoms with E-state index < -0.39 is 36.0 Å². The fourth-order valence-electron chi connectivity index (χ4n) is 6.64. The van der Waals surface area contributed by atoms with Gasteiger partial charge in [-0.1, -0.05) is 25.8 Å². The summed E-state index contributed by atoms with van der Waals surface area (Å²) in [7, 11) is 0. The number of piperazine rings is 1. The van der Waals surface area contributed by atoms with Crippen molar-refractivity contribution in [3.63, 3.8) is 0 Å². The Kier molecular flexibility index (Phi) is 13.3. The number of carbonyl (C=O) groups excluding carboxylic acids is 5. The number of pyridine rings is 1. The number of fused-ring (bicyclic) bond motifs is 1. The first-order chi connectivity index (χ1) is 25.0. The van der Waals surface area contributed by atoms with Gasteiger partial charge in [0.2, 0.25) is 11.8 Å². The van der Waals surface area contributed by atoms with Crippen LogP contribution in [-0.4, -0.2) is 125 Å². The lowest BCUT2D eigenvalue weighted by Gasteiger charge is -2.36. The molecule has 15 nitrogen and oxygen atoms in total. The third-order valence-corrected chi connectivity index (χ3v) is 10.00. The number of nitrogens with zero attached hydrogens (tertiary/aromatic N) is 4. The van der Waals surface area contributed by atoms with Crippen LogP contribution in [0.2, 0.25) is 0 Å². The number of hydrogen-bond acceptors (Lipinski definition) is 9. The number of unbranched alkanes of at least 4 members (excludes halogenated alkanes) is 1. The van der Waals surface area contributed by atoms with E-state index in [-0.39, 0.29) is 68.9 Å². The van der Waals surface area contributed by atoms with Gasteiger partial charge < -0.3 is 39.9 Å². The van der Waals surface area contributed by atoms with Crippen molar-refractivity contribution in [1.82, 2.24) is 30.3 Å². The van der Waals surface area contributed by atoms with Crippen molar-refractivity contribution >= 4 is 46.6 Å². The van der Waals surface area contributed by atoms with E-state index in [1.165, 1.54) is 22.3 Å². The highest BCUT2D eigenvalue weighted by atomic mass is 16.6. The Bertz CT molecular complexity index is 1640. The predicted octanol–water partition coefficient (Wildman–Crippen LogP) is 2.87. The Morgan fingerprint density at radius 3 is 2.42 bits per heavy atom. The maximum Gasteiger partial charge on any atom is 0.409 e. The highest BCUT2D eigenvalue weighted by Crippen LogP contribution is 2.28. The number of aryl methyl sites for hydroxylation is 1. The van der Waals surface area contributed by atoms with Crippen molar-refractivity contribution in [1.29, 1.82) is 0 Å². The van der Waals surface area contributed by atoms with Gasteiger partial charge in [0, 0.05) is 57.1 Å². The first kappa shape index (κ1) is 38.3. The second-order valence-electron chi connectivity index (χ2n) is 13.8. The van der Waals surface area contributed by atoms with Gasteiger partial charge in [0.25, 0.3) is 11.8 Å². The first-order valence-electron chi connectivity index (χ1n) is 18.4. The van der Waals surface area contributed by atoms with Gasteiger partial charge in [-0.3, -0.25) is 24.0 Å². The zero-order valence-corrected chi connectivity index (χ0v) is 30.1. The first-order valence-corrected chi connectivity index (χ1v) is 18.4. The van der Waals surface area contributed by atoms with Crippen LogP contribution in [0.4, 0.5) is 4.79 Å². The average molecular weight is 723 g/mol. The fraction of sp³-hybridized carbons (Fsp3) is 0.595. The highest BCUT2D eigenvalue weighted by molar-refractivity contribution is 5.99. The second kappa shape index (κ2) is 18.0. The van der Waals surface area contributed by atoms with Gasteiger partial charge >= 0.3 is 12.1 Å². The second-order valence-corrected chi connectivity index (χ2v) is 13.8. The molecule has 3 N–H and O–H groups in total. The number of aromatic nitrogens is 1. The zero-order valence-electron chi connectivity index (χ0n) is 30.1. The third-order valence-electron chi connectivity index (χ3n) is 10.00. The van der Waals surface area contributed by atoms with Crippen molar-refractivity contribution in [3.05, 3.63) is 35.5 Å². The number of rotatable bonds is 15. The van der Waals surface area contributed by atoms with E-state index in [0.29, 0.717) is 49.4 Å². The molecule has 282 valence electrons. The predicted molar refractivity (Wildman–Crippen MR) is 190 cm³/mol. The van der Waals surface area contributed by atoms with E-state index in [9.17, 15) is 33.9 Å². The number of amides is 5. The topological polar surface area (TPSA) is 188 Å². The van der Waals surface area contributed by atoms with Crippen LogP contribution in [0.5, 0.6) is 5.75 Å². The molecular formula is C37H50N6O9. The quantitative estimate of drug-likeness (QED) is 0.231.